The van der Waals surface area contributed by atoms with Crippen LogP contribution in [0.25, 0.3) is 0 Å². The number of nitrogens with one attached hydrogen (secondary N) is 4. The van der Waals surface area contributed by atoms with Gasteiger partial charge in [-0.25, -0.2) is 27.8 Å². The highest BCUT2D eigenvalue weighted by atomic mass is 32.2. The van der Waals surface area contributed by atoms with Crippen LogP contribution in [-0.2, 0) is 35.8 Å². The van der Waals surface area contributed by atoms with Crippen LogP contribution in [0.2, 0.25) is 0 Å². The number of amides is 2. The van der Waals surface area contributed by atoms with E-state index in [4.69, 9.17) is 14.7 Å². The summed E-state index contributed by atoms with van der Waals surface area (Å²) in [5.41, 5.74) is 4.79. The maximum Gasteiger partial charge on any atom is 0.416 e. The predicted molar refractivity (Wildman–Crippen MR) is 222 cm³/mol. The average molecular weight is 893 g/mol. The summed E-state index contributed by atoms with van der Waals surface area (Å²) in [5, 5.41) is 18.3. The molecule has 2 amide bonds. The molecular formula is C43H39F3N4O10S2. The van der Waals surface area contributed by atoms with Crippen LogP contribution in [0.15, 0.2) is 161 Å². The van der Waals surface area contributed by atoms with E-state index < -0.39 is 60.3 Å². The first-order valence-corrected chi connectivity index (χ1v) is 21.1. The molecule has 62 heavy (non-hydrogen) atoms. The van der Waals surface area contributed by atoms with Crippen molar-refractivity contribution < 1.29 is 59.5 Å². The summed E-state index contributed by atoms with van der Waals surface area (Å²) in [7, 11) is -5.33. The SMILES string of the molecule is COc1ccc(S(=O)(=O)Nc2cccc(C(C(=O)NO)c3ccccc3)c2)cc1OC.O=C(NO)C(c1ccccc1)c1ccc(NS(=O)(=O)c2cccc(C(F)(F)F)c2)cc1. The van der Waals surface area contributed by atoms with Crippen molar-refractivity contribution in [2.75, 3.05) is 23.7 Å². The van der Waals surface area contributed by atoms with Gasteiger partial charge in [-0.2, -0.15) is 13.2 Å². The lowest BCUT2D eigenvalue weighted by molar-refractivity contribution is -0.137. The third-order valence-electron chi connectivity index (χ3n) is 9.12. The predicted octanol–water partition coefficient (Wildman–Crippen LogP) is 7.29. The van der Waals surface area contributed by atoms with Gasteiger partial charge in [-0.05, 0) is 76.9 Å². The number of benzene rings is 6. The number of sulfonamides is 2. The lowest BCUT2D eigenvalue weighted by Crippen LogP contribution is -2.27. The van der Waals surface area contributed by atoms with Gasteiger partial charge in [0.1, 0.15) is 0 Å². The van der Waals surface area contributed by atoms with Crippen molar-refractivity contribution in [1.82, 2.24) is 11.0 Å². The van der Waals surface area contributed by atoms with E-state index in [0.29, 0.717) is 34.1 Å². The number of ether oxygens (including phenoxy) is 2. The fraction of sp³-hybridized carbons (Fsp3) is 0.116. The second-order valence-electron chi connectivity index (χ2n) is 13.1. The minimum atomic E-state index is -4.67. The molecule has 6 N–H and O–H groups in total. The van der Waals surface area contributed by atoms with E-state index in [0.717, 1.165) is 18.2 Å². The largest absolute Gasteiger partial charge is 0.493 e. The van der Waals surface area contributed by atoms with E-state index in [2.05, 4.69) is 9.44 Å². The minimum Gasteiger partial charge on any atom is -0.493 e. The van der Waals surface area contributed by atoms with Crippen molar-refractivity contribution in [3.63, 3.8) is 0 Å². The Bertz CT molecular complexity index is 2710. The van der Waals surface area contributed by atoms with Crippen LogP contribution in [0.5, 0.6) is 11.5 Å². The summed E-state index contributed by atoms with van der Waals surface area (Å²) in [4.78, 5) is 24.0. The fourth-order valence-electron chi connectivity index (χ4n) is 6.19. The standard InChI is InChI=1S/C22H22N2O6S.C21H17F3N2O4S/c1-29-19-12-11-18(14-20(19)30-2)31(27,28)24-17-10-6-9-16(13-17)21(22(25)23-26)15-7-4-3-5-8-15;22-21(23,24)16-7-4-8-18(13-16)31(29,30)26-17-11-9-15(10-12-17)19(20(27)25-28)14-5-2-1-3-6-14/h3-14,21,24,26H,1-2H3,(H,23,25);1-13,19,26,28H,(H,25,27). The molecule has 0 fully saturated rings. The Labute approximate surface area is 355 Å². The highest BCUT2D eigenvalue weighted by molar-refractivity contribution is 7.93. The maximum absolute atomic E-state index is 12.9. The van der Waals surface area contributed by atoms with Gasteiger partial charge in [0.2, 0.25) is 0 Å². The number of anilines is 2. The zero-order chi connectivity index (χ0) is 45.1. The fourth-order valence-corrected chi connectivity index (χ4v) is 8.36. The first-order chi connectivity index (χ1) is 29.5. The number of carbonyl (C=O) groups is 2. The summed E-state index contributed by atoms with van der Waals surface area (Å²) < 4.78 is 104. The highest BCUT2D eigenvalue weighted by Gasteiger charge is 2.32. The zero-order valence-electron chi connectivity index (χ0n) is 32.7. The van der Waals surface area contributed by atoms with Crippen LogP contribution in [0.1, 0.15) is 39.7 Å². The van der Waals surface area contributed by atoms with Crippen molar-refractivity contribution in [1.29, 1.82) is 0 Å². The molecule has 0 saturated heterocycles. The van der Waals surface area contributed by atoms with Crippen LogP contribution >= 0.6 is 0 Å². The molecule has 0 aliphatic rings. The van der Waals surface area contributed by atoms with Crippen molar-refractivity contribution >= 4 is 43.2 Å². The molecule has 6 rings (SSSR count). The molecule has 0 saturated carbocycles. The van der Waals surface area contributed by atoms with Crippen molar-refractivity contribution in [2.24, 2.45) is 0 Å². The van der Waals surface area contributed by atoms with Crippen molar-refractivity contribution in [2.45, 2.75) is 27.8 Å². The van der Waals surface area contributed by atoms with Gasteiger partial charge in [0.15, 0.2) is 11.5 Å². The lowest BCUT2D eigenvalue weighted by atomic mass is 9.90. The third kappa shape index (κ3) is 11.5. The number of halogens is 3. The van der Waals surface area contributed by atoms with Crippen LogP contribution in [0, 0.1) is 0 Å². The molecule has 6 aromatic carbocycles. The van der Waals surface area contributed by atoms with Crippen molar-refractivity contribution in [3.8, 4) is 11.5 Å². The summed E-state index contributed by atoms with van der Waals surface area (Å²) in [5.74, 6) is -2.29. The number of hydroxylamine groups is 2. The monoisotopic (exact) mass is 892 g/mol. The Balaban J connectivity index is 0.000000234. The summed E-state index contributed by atoms with van der Waals surface area (Å²) >= 11 is 0. The molecular weight excluding hydrogens is 854 g/mol. The summed E-state index contributed by atoms with van der Waals surface area (Å²) in [6, 6.07) is 37.3. The van der Waals surface area contributed by atoms with Crippen LogP contribution in [0.3, 0.4) is 0 Å². The van der Waals surface area contributed by atoms with Crippen LogP contribution in [-0.4, -0.2) is 53.3 Å². The van der Waals surface area contributed by atoms with E-state index >= 15 is 0 Å². The molecule has 2 atom stereocenters. The van der Waals surface area contributed by atoms with Crippen LogP contribution in [0.4, 0.5) is 24.5 Å². The zero-order valence-corrected chi connectivity index (χ0v) is 34.3. The lowest BCUT2D eigenvalue weighted by Gasteiger charge is -2.17. The maximum atomic E-state index is 12.9. The van der Waals surface area contributed by atoms with Gasteiger partial charge < -0.3 is 9.47 Å². The number of hydrogen-bond donors (Lipinski definition) is 6. The number of carbonyl (C=O) groups excluding carboxylic acids is 2. The molecule has 0 aliphatic heterocycles. The molecule has 14 nitrogen and oxygen atoms in total. The van der Waals surface area contributed by atoms with Crippen LogP contribution < -0.4 is 29.9 Å². The Hall–Kier alpha value is -6.93. The summed E-state index contributed by atoms with van der Waals surface area (Å²) in [6.45, 7) is 0. The van der Waals surface area contributed by atoms with E-state index in [1.165, 1.54) is 56.7 Å². The smallest absolute Gasteiger partial charge is 0.416 e. The molecule has 0 heterocycles. The Kier molecular flexibility index (Phi) is 14.9. The van der Waals surface area contributed by atoms with E-state index in [9.17, 15) is 44.8 Å². The molecule has 0 aromatic heterocycles. The van der Waals surface area contributed by atoms with Gasteiger partial charge in [-0.1, -0.05) is 91.0 Å². The molecule has 0 spiro atoms. The second-order valence-corrected chi connectivity index (χ2v) is 16.5. The molecule has 6 aromatic rings. The van der Waals surface area contributed by atoms with Gasteiger partial charge in [-0.15, -0.1) is 0 Å². The Morgan fingerprint density at radius 3 is 1.50 bits per heavy atom. The summed E-state index contributed by atoms with van der Waals surface area (Å²) in [6.07, 6.45) is -4.67. The Morgan fingerprint density at radius 2 is 0.984 bits per heavy atom. The van der Waals surface area contributed by atoms with E-state index in [-0.39, 0.29) is 22.0 Å². The molecule has 2 unspecified atom stereocenters. The highest BCUT2D eigenvalue weighted by Crippen LogP contribution is 2.33. The number of alkyl halides is 3. The van der Waals surface area contributed by atoms with Gasteiger partial charge in [0, 0.05) is 17.4 Å². The first-order valence-electron chi connectivity index (χ1n) is 18.1. The van der Waals surface area contributed by atoms with Gasteiger partial charge in [-0.3, -0.25) is 29.4 Å². The van der Waals surface area contributed by atoms with Crippen molar-refractivity contribution in [3.05, 3.63) is 179 Å². The minimum absolute atomic E-state index is 0.0109. The quantitative estimate of drug-likeness (QED) is 0.0475. The number of rotatable bonds is 14. The molecule has 0 bridgehead atoms. The molecule has 324 valence electrons. The second kappa shape index (κ2) is 20.1. The number of hydrogen-bond acceptors (Lipinski definition) is 10. The average Bonchev–Trinajstić information content (AvgIpc) is 3.27. The third-order valence-corrected chi connectivity index (χ3v) is 11.9. The topological polar surface area (TPSA) is 209 Å². The van der Waals surface area contributed by atoms with Gasteiger partial charge in [0.25, 0.3) is 31.9 Å². The number of methoxy groups -OCH3 is 2. The molecule has 19 heteroatoms. The normalized spacial score (nSPS) is 12.4. The van der Waals surface area contributed by atoms with E-state index in [1.807, 2.05) is 6.07 Å². The first kappa shape index (κ1) is 46.1. The Morgan fingerprint density at radius 1 is 0.516 bits per heavy atom. The van der Waals surface area contributed by atoms with Gasteiger partial charge >= 0.3 is 6.18 Å². The van der Waals surface area contributed by atoms with E-state index in [1.54, 1.807) is 89.8 Å². The molecule has 0 radical (unpaired) electrons. The van der Waals surface area contributed by atoms with Gasteiger partial charge in [0.05, 0.1) is 41.4 Å². The molecule has 0 aliphatic carbocycles.